The second-order valence-corrected chi connectivity index (χ2v) is 6.77. The van der Waals surface area contributed by atoms with E-state index in [9.17, 15) is 9.59 Å². The van der Waals surface area contributed by atoms with Gasteiger partial charge in [0, 0.05) is 11.9 Å². The SMILES string of the molecule is O=C(CN1CCC(CNCC(=O)c2ccc[nH]2)CC1)Nc1ccccc1. The fraction of sp³-hybridized carbons (Fsp3) is 0.400. The number of H-pyrrole nitrogens is 1. The minimum absolute atomic E-state index is 0.0318. The molecule has 26 heavy (non-hydrogen) atoms. The van der Waals surface area contributed by atoms with E-state index in [0.29, 0.717) is 24.7 Å². The lowest BCUT2D eigenvalue weighted by Gasteiger charge is -2.31. The van der Waals surface area contributed by atoms with Crippen LogP contribution in [0, 0.1) is 5.92 Å². The van der Waals surface area contributed by atoms with Crippen LogP contribution in [0.5, 0.6) is 0 Å². The normalized spacial score (nSPS) is 15.7. The van der Waals surface area contributed by atoms with E-state index in [1.807, 2.05) is 36.4 Å². The largest absolute Gasteiger partial charge is 0.359 e. The summed E-state index contributed by atoms with van der Waals surface area (Å²) in [5.41, 5.74) is 1.49. The van der Waals surface area contributed by atoms with Gasteiger partial charge in [-0.05, 0) is 62.7 Å². The predicted molar refractivity (Wildman–Crippen MR) is 102 cm³/mol. The Morgan fingerprint density at radius 2 is 1.85 bits per heavy atom. The maximum Gasteiger partial charge on any atom is 0.238 e. The summed E-state index contributed by atoms with van der Waals surface area (Å²) in [6.45, 7) is 3.47. The molecule has 1 aliphatic rings. The van der Waals surface area contributed by atoms with E-state index >= 15 is 0 Å². The predicted octanol–water partition coefficient (Wildman–Crippen LogP) is 2.14. The van der Waals surface area contributed by atoms with Gasteiger partial charge in [0.05, 0.1) is 18.8 Å². The Kier molecular flexibility index (Phi) is 6.57. The third-order valence-corrected chi connectivity index (χ3v) is 4.75. The summed E-state index contributed by atoms with van der Waals surface area (Å²) in [7, 11) is 0. The number of para-hydroxylation sites is 1. The number of hydrogen-bond acceptors (Lipinski definition) is 4. The van der Waals surface area contributed by atoms with E-state index in [2.05, 4.69) is 20.5 Å². The van der Waals surface area contributed by atoms with Crippen LogP contribution in [-0.4, -0.2) is 54.3 Å². The molecule has 6 heteroatoms. The Bertz CT molecular complexity index is 692. The maximum absolute atomic E-state index is 12.1. The molecule has 1 amide bonds. The standard InChI is InChI=1S/C20H26N4O2/c25-19(18-7-4-10-22-18)14-21-13-16-8-11-24(12-9-16)15-20(26)23-17-5-2-1-3-6-17/h1-7,10,16,21-22H,8-9,11-15H2,(H,23,26). The van der Waals surface area contributed by atoms with Crippen molar-refractivity contribution in [3.8, 4) is 0 Å². The van der Waals surface area contributed by atoms with Crippen LogP contribution in [-0.2, 0) is 4.79 Å². The highest BCUT2D eigenvalue weighted by molar-refractivity contribution is 5.95. The second-order valence-electron chi connectivity index (χ2n) is 6.77. The molecule has 0 unspecified atom stereocenters. The third-order valence-electron chi connectivity index (χ3n) is 4.75. The molecular formula is C20H26N4O2. The van der Waals surface area contributed by atoms with Gasteiger partial charge in [-0.15, -0.1) is 0 Å². The smallest absolute Gasteiger partial charge is 0.238 e. The maximum atomic E-state index is 12.1. The Morgan fingerprint density at radius 1 is 1.08 bits per heavy atom. The van der Waals surface area contributed by atoms with Gasteiger partial charge in [0.1, 0.15) is 0 Å². The number of nitrogens with one attached hydrogen (secondary N) is 3. The van der Waals surface area contributed by atoms with E-state index in [-0.39, 0.29) is 11.7 Å². The lowest BCUT2D eigenvalue weighted by molar-refractivity contribution is -0.117. The van der Waals surface area contributed by atoms with E-state index in [1.165, 1.54) is 0 Å². The minimum Gasteiger partial charge on any atom is -0.359 e. The molecule has 1 fully saturated rings. The number of aromatic nitrogens is 1. The quantitative estimate of drug-likeness (QED) is 0.635. The number of anilines is 1. The number of hydrogen-bond donors (Lipinski definition) is 3. The molecule has 1 saturated heterocycles. The molecule has 0 aliphatic carbocycles. The second kappa shape index (κ2) is 9.31. The van der Waals surface area contributed by atoms with Gasteiger partial charge in [-0.3, -0.25) is 14.5 Å². The Balaban J connectivity index is 1.31. The van der Waals surface area contributed by atoms with Crippen LogP contribution < -0.4 is 10.6 Å². The van der Waals surface area contributed by atoms with E-state index in [1.54, 1.807) is 12.3 Å². The topological polar surface area (TPSA) is 77.2 Å². The number of rotatable bonds is 8. The molecule has 0 atom stereocenters. The third kappa shape index (κ3) is 5.54. The van der Waals surface area contributed by atoms with Crippen molar-refractivity contribution >= 4 is 17.4 Å². The van der Waals surface area contributed by atoms with Crippen molar-refractivity contribution in [1.82, 2.24) is 15.2 Å². The first kappa shape index (κ1) is 18.4. The van der Waals surface area contributed by atoms with Crippen LogP contribution in [0.1, 0.15) is 23.3 Å². The molecule has 1 aliphatic heterocycles. The Hall–Kier alpha value is -2.44. The molecule has 0 bridgehead atoms. The van der Waals surface area contributed by atoms with E-state index in [4.69, 9.17) is 0 Å². The number of nitrogens with zero attached hydrogens (tertiary/aromatic N) is 1. The van der Waals surface area contributed by atoms with Gasteiger partial charge in [0.15, 0.2) is 5.78 Å². The van der Waals surface area contributed by atoms with Crippen molar-refractivity contribution in [2.45, 2.75) is 12.8 Å². The monoisotopic (exact) mass is 354 g/mol. The molecule has 0 saturated carbocycles. The van der Waals surface area contributed by atoms with Gasteiger partial charge in [-0.1, -0.05) is 18.2 Å². The van der Waals surface area contributed by atoms with E-state index in [0.717, 1.165) is 38.2 Å². The molecule has 138 valence electrons. The van der Waals surface area contributed by atoms with Crippen LogP contribution >= 0.6 is 0 Å². The van der Waals surface area contributed by atoms with Crippen LogP contribution in [0.2, 0.25) is 0 Å². The van der Waals surface area contributed by atoms with Crippen LogP contribution in [0.4, 0.5) is 5.69 Å². The van der Waals surface area contributed by atoms with Crippen molar-refractivity contribution in [2.24, 2.45) is 5.92 Å². The van der Waals surface area contributed by atoms with Gasteiger partial charge < -0.3 is 15.6 Å². The number of likely N-dealkylation sites (tertiary alicyclic amines) is 1. The number of piperidine rings is 1. The zero-order valence-electron chi connectivity index (χ0n) is 14.9. The number of ketones is 1. The minimum atomic E-state index is 0.0318. The summed E-state index contributed by atoms with van der Waals surface area (Å²) in [5.74, 6) is 0.675. The van der Waals surface area contributed by atoms with Crippen molar-refractivity contribution in [1.29, 1.82) is 0 Å². The molecular weight excluding hydrogens is 328 g/mol. The first-order chi connectivity index (χ1) is 12.7. The molecule has 1 aromatic heterocycles. The Morgan fingerprint density at radius 3 is 2.54 bits per heavy atom. The number of carbonyl (C=O) groups is 2. The average molecular weight is 354 g/mol. The summed E-state index contributed by atoms with van der Waals surface area (Å²) in [4.78, 5) is 29.2. The molecule has 3 rings (SSSR count). The lowest BCUT2D eigenvalue weighted by atomic mass is 9.96. The van der Waals surface area contributed by atoms with Gasteiger partial charge in [-0.25, -0.2) is 0 Å². The van der Waals surface area contributed by atoms with Gasteiger partial charge >= 0.3 is 0 Å². The Labute approximate surface area is 154 Å². The number of Topliss-reactive ketones (excluding diaryl/α,β-unsaturated/α-hetero) is 1. The molecule has 0 spiro atoms. The van der Waals surface area contributed by atoms with Crippen LogP contribution in [0.3, 0.4) is 0 Å². The molecule has 6 nitrogen and oxygen atoms in total. The van der Waals surface area contributed by atoms with Crippen LogP contribution in [0.15, 0.2) is 48.7 Å². The number of carbonyl (C=O) groups excluding carboxylic acids is 2. The van der Waals surface area contributed by atoms with Gasteiger partial charge in [0.25, 0.3) is 0 Å². The molecule has 2 aromatic rings. The molecule has 3 N–H and O–H groups in total. The summed E-state index contributed by atoms with van der Waals surface area (Å²) >= 11 is 0. The summed E-state index contributed by atoms with van der Waals surface area (Å²) < 4.78 is 0. The van der Waals surface area contributed by atoms with Crippen molar-refractivity contribution in [2.75, 3.05) is 38.0 Å². The van der Waals surface area contributed by atoms with Gasteiger partial charge in [-0.2, -0.15) is 0 Å². The van der Waals surface area contributed by atoms with Crippen molar-refractivity contribution in [3.05, 3.63) is 54.4 Å². The first-order valence-corrected chi connectivity index (χ1v) is 9.15. The lowest BCUT2D eigenvalue weighted by Crippen LogP contribution is -2.41. The number of benzene rings is 1. The fourth-order valence-electron chi connectivity index (χ4n) is 3.26. The van der Waals surface area contributed by atoms with Gasteiger partial charge in [0.2, 0.25) is 5.91 Å². The first-order valence-electron chi connectivity index (χ1n) is 9.15. The summed E-state index contributed by atoms with van der Waals surface area (Å²) in [6, 6.07) is 13.2. The van der Waals surface area contributed by atoms with Crippen LogP contribution in [0.25, 0.3) is 0 Å². The van der Waals surface area contributed by atoms with Crippen molar-refractivity contribution < 1.29 is 9.59 Å². The fourth-order valence-corrected chi connectivity index (χ4v) is 3.26. The molecule has 0 radical (unpaired) electrons. The summed E-state index contributed by atoms with van der Waals surface area (Å²) in [6.07, 6.45) is 3.85. The molecule has 1 aromatic carbocycles. The highest BCUT2D eigenvalue weighted by atomic mass is 16.2. The number of amides is 1. The van der Waals surface area contributed by atoms with Crippen molar-refractivity contribution in [3.63, 3.8) is 0 Å². The highest BCUT2D eigenvalue weighted by Crippen LogP contribution is 2.16. The molecule has 2 heterocycles. The highest BCUT2D eigenvalue weighted by Gasteiger charge is 2.21. The zero-order valence-corrected chi connectivity index (χ0v) is 14.9. The van der Waals surface area contributed by atoms with E-state index < -0.39 is 0 Å². The average Bonchev–Trinajstić information content (AvgIpc) is 3.19. The summed E-state index contributed by atoms with van der Waals surface area (Å²) in [5, 5.41) is 6.19. The zero-order chi connectivity index (χ0) is 18.2. The number of aromatic amines is 1.